The summed E-state index contributed by atoms with van der Waals surface area (Å²) in [7, 11) is 0. The first-order valence-electron chi connectivity index (χ1n) is 4.26. The molecule has 0 aromatic carbocycles. The van der Waals surface area contributed by atoms with Gasteiger partial charge in [-0.3, -0.25) is 0 Å². The first-order chi connectivity index (χ1) is 5.20. The second-order valence-electron chi connectivity index (χ2n) is 3.31. The maximum atomic E-state index is 3.95. The lowest BCUT2D eigenvalue weighted by molar-refractivity contribution is 0.364. The van der Waals surface area contributed by atoms with Crippen molar-refractivity contribution in [3.05, 3.63) is 23.9 Å². The Hall–Kier alpha value is -0.720. The lowest BCUT2D eigenvalue weighted by Crippen LogP contribution is -2.21. The van der Waals surface area contributed by atoms with E-state index in [1.807, 2.05) is 0 Å². The van der Waals surface area contributed by atoms with Gasteiger partial charge in [-0.2, -0.15) is 0 Å². The van der Waals surface area contributed by atoms with Gasteiger partial charge in [-0.1, -0.05) is 18.2 Å². The van der Waals surface area contributed by atoms with E-state index in [1.165, 1.54) is 24.1 Å². The van der Waals surface area contributed by atoms with E-state index >= 15 is 0 Å². The highest BCUT2D eigenvalue weighted by atomic mass is 15.1. The standard InChI is InChI=1S/C10H17N/c1-9(2)11-7-4-5-10(3)6-8-11/h5H,1,4,6-8H2,2-3H3. The number of hydrogen-bond acceptors (Lipinski definition) is 1. The third-order valence-corrected chi connectivity index (χ3v) is 2.21. The Kier molecular flexibility index (Phi) is 2.75. The Balaban J connectivity index is 2.47. The maximum absolute atomic E-state index is 3.95. The monoisotopic (exact) mass is 151 g/mol. The van der Waals surface area contributed by atoms with Crippen molar-refractivity contribution < 1.29 is 0 Å². The minimum Gasteiger partial charge on any atom is -0.375 e. The molecule has 62 valence electrons. The van der Waals surface area contributed by atoms with Gasteiger partial charge in [0.2, 0.25) is 0 Å². The summed E-state index contributed by atoms with van der Waals surface area (Å²) in [5.74, 6) is 0. The van der Waals surface area contributed by atoms with Gasteiger partial charge in [0.05, 0.1) is 0 Å². The van der Waals surface area contributed by atoms with Crippen molar-refractivity contribution in [2.75, 3.05) is 13.1 Å². The fourth-order valence-corrected chi connectivity index (χ4v) is 1.37. The molecule has 0 fully saturated rings. The molecule has 0 aliphatic carbocycles. The van der Waals surface area contributed by atoms with Crippen molar-refractivity contribution in [3.8, 4) is 0 Å². The normalized spacial score (nSPS) is 19.1. The SMILES string of the molecule is C=C(C)N1CCC=C(C)CC1. The average Bonchev–Trinajstić information content (AvgIpc) is 2.13. The van der Waals surface area contributed by atoms with Crippen LogP contribution in [-0.2, 0) is 0 Å². The zero-order chi connectivity index (χ0) is 8.27. The van der Waals surface area contributed by atoms with Crippen LogP contribution in [0.3, 0.4) is 0 Å². The van der Waals surface area contributed by atoms with Crippen LogP contribution in [0.1, 0.15) is 26.7 Å². The first-order valence-corrected chi connectivity index (χ1v) is 4.26. The zero-order valence-corrected chi connectivity index (χ0v) is 7.56. The van der Waals surface area contributed by atoms with Gasteiger partial charge in [-0.25, -0.2) is 0 Å². The Bertz CT molecular complexity index is 179. The molecule has 0 aromatic rings. The molecule has 0 unspecified atom stereocenters. The van der Waals surface area contributed by atoms with E-state index in [0.29, 0.717) is 0 Å². The predicted molar refractivity (Wildman–Crippen MR) is 49.4 cm³/mol. The second-order valence-corrected chi connectivity index (χ2v) is 3.31. The molecule has 0 aromatic heterocycles. The molecule has 11 heavy (non-hydrogen) atoms. The van der Waals surface area contributed by atoms with E-state index in [9.17, 15) is 0 Å². The molecular weight excluding hydrogens is 134 g/mol. The van der Waals surface area contributed by atoms with Crippen LogP contribution in [0.2, 0.25) is 0 Å². The van der Waals surface area contributed by atoms with E-state index in [2.05, 4.69) is 31.4 Å². The van der Waals surface area contributed by atoms with E-state index in [0.717, 1.165) is 13.1 Å². The quantitative estimate of drug-likeness (QED) is 0.521. The van der Waals surface area contributed by atoms with Gasteiger partial charge in [0.15, 0.2) is 0 Å². The van der Waals surface area contributed by atoms with Crippen LogP contribution in [0.5, 0.6) is 0 Å². The van der Waals surface area contributed by atoms with Crippen molar-refractivity contribution in [3.63, 3.8) is 0 Å². The Morgan fingerprint density at radius 1 is 1.55 bits per heavy atom. The fourth-order valence-electron chi connectivity index (χ4n) is 1.37. The summed E-state index contributed by atoms with van der Waals surface area (Å²) < 4.78 is 0. The predicted octanol–water partition coefficient (Wildman–Crippen LogP) is 2.56. The molecular formula is C10H17N. The highest BCUT2D eigenvalue weighted by molar-refractivity contribution is 5.03. The lowest BCUT2D eigenvalue weighted by Gasteiger charge is -2.22. The molecule has 0 saturated carbocycles. The van der Waals surface area contributed by atoms with Gasteiger partial charge in [0.25, 0.3) is 0 Å². The fraction of sp³-hybridized carbons (Fsp3) is 0.600. The summed E-state index contributed by atoms with van der Waals surface area (Å²) in [4.78, 5) is 2.35. The van der Waals surface area contributed by atoms with Gasteiger partial charge < -0.3 is 4.90 Å². The minimum absolute atomic E-state index is 1.15. The third kappa shape index (κ3) is 2.41. The summed E-state index contributed by atoms with van der Waals surface area (Å²) >= 11 is 0. The van der Waals surface area contributed by atoms with Gasteiger partial charge in [0.1, 0.15) is 0 Å². The molecule has 1 rings (SSSR count). The number of allylic oxidation sites excluding steroid dienone is 1. The second kappa shape index (κ2) is 3.61. The topological polar surface area (TPSA) is 3.24 Å². The van der Waals surface area contributed by atoms with E-state index in [1.54, 1.807) is 0 Å². The van der Waals surface area contributed by atoms with Crippen LogP contribution in [0.15, 0.2) is 23.9 Å². The van der Waals surface area contributed by atoms with Crippen molar-refractivity contribution in [2.45, 2.75) is 26.7 Å². The highest BCUT2D eigenvalue weighted by Crippen LogP contribution is 2.12. The molecule has 0 radical (unpaired) electrons. The van der Waals surface area contributed by atoms with Crippen molar-refractivity contribution >= 4 is 0 Å². The molecule has 0 amide bonds. The van der Waals surface area contributed by atoms with Gasteiger partial charge in [-0.05, 0) is 26.7 Å². The Morgan fingerprint density at radius 2 is 2.27 bits per heavy atom. The van der Waals surface area contributed by atoms with Crippen LogP contribution in [0.4, 0.5) is 0 Å². The van der Waals surface area contributed by atoms with Crippen LogP contribution in [-0.4, -0.2) is 18.0 Å². The van der Waals surface area contributed by atoms with E-state index < -0.39 is 0 Å². The van der Waals surface area contributed by atoms with Gasteiger partial charge >= 0.3 is 0 Å². The lowest BCUT2D eigenvalue weighted by atomic mass is 10.2. The molecule has 1 heterocycles. The Morgan fingerprint density at radius 3 is 2.91 bits per heavy atom. The average molecular weight is 151 g/mol. The smallest absolute Gasteiger partial charge is 0.0211 e. The van der Waals surface area contributed by atoms with Crippen LogP contribution < -0.4 is 0 Å². The summed E-state index contributed by atoms with van der Waals surface area (Å²) in [5.41, 5.74) is 2.72. The van der Waals surface area contributed by atoms with Crippen molar-refractivity contribution in [1.29, 1.82) is 0 Å². The minimum atomic E-state index is 1.15. The Labute approximate surface area is 69.4 Å². The van der Waals surface area contributed by atoms with Crippen molar-refractivity contribution in [2.24, 2.45) is 0 Å². The zero-order valence-electron chi connectivity index (χ0n) is 7.56. The molecule has 0 bridgehead atoms. The summed E-state index contributed by atoms with van der Waals surface area (Å²) in [6, 6.07) is 0. The molecule has 0 saturated heterocycles. The maximum Gasteiger partial charge on any atom is 0.0211 e. The number of rotatable bonds is 1. The van der Waals surface area contributed by atoms with Gasteiger partial charge in [-0.15, -0.1) is 0 Å². The van der Waals surface area contributed by atoms with Crippen LogP contribution >= 0.6 is 0 Å². The molecule has 1 heteroatoms. The molecule has 1 nitrogen and oxygen atoms in total. The molecule has 0 N–H and O–H groups in total. The summed E-state index contributed by atoms with van der Waals surface area (Å²) in [6.07, 6.45) is 4.72. The largest absolute Gasteiger partial charge is 0.375 e. The molecule has 1 aliphatic heterocycles. The number of hydrogen-bond donors (Lipinski definition) is 0. The van der Waals surface area contributed by atoms with E-state index in [4.69, 9.17) is 0 Å². The summed E-state index contributed by atoms with van der Waals surface area (Å²) in [6.45, 7) is 10.5. The highest BCUT2D eigenvalue weighted by Gasteiger charge is 2.06. The molecule has 0 atom stereocenters. The third-order valence-electron chi connectivity index (χ3n) is 2.21. The molecule has 0 spiro atoms. The van der Waals surface area contributed by atoms with Gasteiger partial charge in [0, 0.05) is 18.8 Å². The van der Waals surface area contributed by atoms with Crippen LogP contribution in [0.25, 0.3) is 0 Å². The summed E-state index contributed by atoms with van der Waals surface area (Å²) in [5, 5.41) is 0. The molecule has 1 aliphatic rings. The van der Waals surface area contributed by atoms with Crippen molar-refractivity contribution in [1.82, 2.24) is 4.90 Å². The number of nitrogens with zero attached hydrogens (tertiary/aromatic N) is 1. The van der Waals surface area contributed by atoms with E-state index in [-0.39, 0.29) is 0 Å². The van der Waals surface area contributed by atoms with Crippen LogP contribution in [0, 0.1) is 0 Å². The first kappa shape index (κ1) is 8.38.